The quantitative estimate of drug-likeness (QED) is 0.201. The van der Waals surface area contributed by atoms with Gasteiger partial charge in [-0.05, 0) is 53.2 Å². The van der Waals surface area contributed by atoms with E-state index in [1.54, 1.807) is 55.7 Å². The minimum atomic E-state index is -0.645. The molecule has 0 aliphatic heterocycles. The van der Waals surface area contributed by atoms with Crippen molar-refractivity contribution in [3.05, 3.63) is 70.9 Å². The number of nitrogens with one attached hydrogen (secondary N) is 2. The van der Waals surface area contributed by atoms with Gasteiger partial charge < -0.3 is 21.2 Å². The third kappa shape index (κ3) is 5.22. The number of furan rings is 1. The molecule has 4 aromatic rings. The number of primary amides is 1. The molecule has 14 nitrogen and oxygen atoms in total. The predicted molar refractivity (Wildman–Crippen MR) is 124 cm³/mol. The van der Waals surface area contributed by atoms with Gasteiger partial charge in [0.1, 0.15) is 5.76 Å². The molecule has 0 saturated heterocycles. The summed E-state index contributed by atoms with van der Waals surface area (Å²) in [5.74, 6) is -0.635. The van der Waals surface area contributed by atoms with Gasteiger partial charge in [-0.15, -0.1) is 5.10 Å². The molecule has 178 valence electrons. The van der Waals surface area contributed by atoms with Crippen LogP contribution in [0.3, 0.4) is 0 Å². The molecule has 3 aromatic heterocycles. The summed E-state index contributed by atoms with van der Waals surface area (Å²) in [6.07, 6.45) is 4.75. The number of hydrogen-bond acceptors (Lipinski definition) is 11. The Balaban J connectivity index is 1.58. The molecular weight excluding hydrogens is 456 g/mol. The summed E-state index contributed by atoms with van der Waals surface area (Å²) in [6.45, 7) is 1.79. The first-order valence-corrected chi connectivity index (χ1v) is 10.1. The fraction of sp³-hybridized carbons (Fsp3) is 0.0952. The van der Waals surface area contributed by atoms with Crippen LogP contribution in [-0.2, 0) is 6.54 Å². The average molecular weight is 476 g/mol. The summed E-state index contributed by atoms with van der Waals surface area (Å²) >= 11 is 0. The van der Waals surface area contributed by atoms with E-state index in [2.05, 4.69) is 41.1 Å². The standard InChI is InChI=1S/C21H20N10O4/c1-12(9-13-5-4-8-34-13)10-25-27-21(33)17-16(31(30-26-17)20-18(22)28-35-29-20)11-24-15-7-3-2-6-14(15)19(23)32/h2-10,24H,11H2,1H3,(H2,22,28)(H2,23,32)(H,27,33)/b12-9+,25-10-. The van der Waals surface area contributed by atoms with E-state index in [9.17, 15) is 9.59 Å². The maximum atomic E-state index is 12.8. The molecule has 0 aliphatic rings. The van der Waals surface area contributed by atoms with E-state index < -0.39 is 11.8 Å². The van der Waals surface area contributed by atoms with Crippen LogP contribution in [-0.4, -0.2) is 43.3 Å². The summed E-state index contributed by atoms with van der Waals surface area (Å²) in [5.41, 5.74) is 15.3. The zero-order valence-electron chi connectivity index (χ0n) is 18.4. The first kappa shape index (κ1) is 22.9. The molecule has 0 fully saturated rings. The van der Waals surface area contributed by atoms with Crippen LogP contribution >= 0.6 is 0 Å². The summed E-state index contributed by atoms with van der Waals surface area (Å²) in [5, 5.41) is 22.1. The second kappa shape index (κ2) is 10.1. The topological polar surface area (TPSA) is 205 Å². The smallest absolute Gasteiger partial charge is 0.293 e. The highest BCUT2D eigenvalue weighted by Gasteiger charge is 2.24. The van der Waals surface area contributed by atoms with Crippen molar-refractivity contribution >= 4 is 35.6 Å². The molecule has 0 radical (unpaired) electrons. The molecule has 6 N–H and O–H groups in total. The third-order valence-electron chi connectivity index (χ3n) is 4.66. The van der Waals surface area contributed by atoms with Crippen LogP contribution in [0.2, 0.25) is 0 Å². The number of benzene rings is 1. The number of amides is 2. The van der Waals surface area contributed by atoms with Gasteiger partial charge in [-0.3, -0.25) is 9.59 Å². The van der Waals surface area contributed by atoms with Gasteiger partial charge in [0.2, 0.25) is 11.6 Å². The van der Waals surface area contributed by atoms with Gasteiger partial charge in [0.05, 0.1) is 30.3 Å². The molecule has 2 amide bonds. The van der Waals surface area contributed by atoms with E-state index in [0.717, 1.165) is 5.57 Å². The zero-order valence-corrected chi connectivity index (χ0v) is 18.4. The molecule has 0 aliphatic carbocycles. The SMILES string of the molecule is CC(/C=N\NC(=O)c1nnn(-c2nonc2N)c1CNc1ccccc1C(N)=O)=C\c1ccco1. The van der Waals surface area contributed by atoms with Gasteiger partial charge in [-0.1, -0.05) is 17.3 Å². The Hall–Kier alpha value is -5.27. The lowest BCUT2D eigenvalue weighted by molar-refractivity contribution is 0.0947. The Labute approximate surface area is 197 Å². The number of carbonyl (C=O) groups is 2. The van der Waals surface area contributed by atoms with E-state index in [1.807, 2.05) is 0 Å². The van der Waals surface area contributed by atoms with Crippen molar-refractivity contribution in [2.75, 3.05) is 11.1 Å². The van der Waals surface area contributed by atoms with Crippen molar-refractivity contribution in [2.45, 2.75) is 13.5 Å². The number of nitrogens with two attached hydrogens (primary N) is 2. The number of aromatic nitrogens is 5. The second-order valence-corrected chi connectivity index (χ2v) is 7.14. The lowest BCUT2D eigenvalue weighted by atomic mass is 10.1. The second-order valence-electron chi connectivity index (χ2n) is 7.14. The summed E-state index contributed by atoms with van der Waals surface area (Å²) in [7, 11) is 0. The molecule has 14 heteroatoms. The maximum Gasteiger partial charge on any atom is 0.293 e. The third-order valence-corrected chi connectivity index (χ3v) is 4.66. The number of rotatable bonds is 9. The van der Waals surface area contributed by atoms with E-state index in [1.165, 1.54) is 10.9 Å². The highest BCUT2D eigenvalue weighted by Crippen LogP contribution is 2.19. The first-order valence-electron chi connectivity index (χ1n) is 10.1. The molecule has 0 unspecified atom stereocenters. The van der Waals surface area contributed by atoms with Gasteiger partial charge in [0, 0.05) is 5.69 Å². The van der Waals surface area contributed by atoms with Gasteiger partial charge in [0.25, 0.3) is 11.8 Å². The highest BCUT2D eigenvalue weighted by atomic mass is 16.6. The van der Waals surface area contributed by atoms with Crippen LogP contribution in [0.5, 0.6) is 0 Å². The normalized spacial score (nSPS) is 11.6. The molecule has 0 spiro atoms. The van der Waals surface area contributed by atoms with Crippen LogP contribution < -0.4 is 22.2 Å². The Kier molecular flexibility index (Phi) is 6.62. The molecular formula is C21H20N10O4. The van der Waals surface area contributed by atoms with Crippen LogP contribution in [0.4, 0.5) is 11.5 Å². The number of nitrogens with zero attached hydrogens (tertiary/aromatic N) is 6. The number of hydrogen-bond donors (Lipinski definition) is 4. The molecule has 3 heterocycles. The minimum absolute atomic E-state index is 0.00646. The van der Waals surface area contributed by atoms with Crippen LogP contribution in [0, 0.1) is 0 Å². The number of para-hydroxylation sites is 1. The van der Waals surface area contributed by atoms with Crippen molar-refractivity contribution in [3.63, 3.8) is 0 Å². The molecule has 0 bridgehead atoms. The van der Waals surface area contributed by atoms with Crippen LogP contribution in [0.25, 0.3) is 11.9 Å². The number of anilines is 2. The van der Waals surface area contributed by atoms with Crippen molar-refractivity contribution in [3.8, 4) is 5.82 Å². The Morgan fingerprint density at radius 1 is 1.20 bits per heavy atom. The lowest BCUT2D eigenvalue weighted by Crippen LogP contribution is -2.22. The fourth-order valence-electron chi connectivity index (χ4n) is 3.06. The number of carbonyl (C=O) groups excluding carboxylic acids is 2. The Morgan fingerprint density at radius 2 is 2.03 bits per heavy atom. The molecule has 4 rings (SSSR count). The molecule has 0 saturated carbocycles. The maximum absolute atomic E-state index is 12.8. The predicted octanol–water partition coefficient (Wildman–Crippen LogP) is 1.36. The zero-order chi connectivity index (χ0) is 24.8. The molecule has 1 aromatic carbocycles. The first-order chi connectivity index (χ1) is 16.9. The largest absolute Gasteiger partial charge is 0.465 e. The van der Waals surface area contributed by atoms with Gasteiger partial charge in [-0.2, -0.15) is 9.78 Å². The monoisotopic (exact) mass is 476 g/mol. The van der Waals surface area contributed by atoms with E-state index in [4.69, 9.17) is 15.9 Å². The van der Waals surface area contributed by atoms with E-state index in [-0.39, 0.29) is 35.1 Å². The van der Waals surface area contributed by atoms with Gasteiger partial charge in [0.15, 0.2) is 5.69 Å². The van der Waals surface area contributed by atoms with Crippen molar-refractivity contribution in [2.24, 2.45) is 10.8 Å². The number of hydrazone groups is 1. The Morgan fingerprint density at radius 3 is 2.74 bits per heavy atom. The van der Waals surface area contributed by atoms with Gasteiger partial charge in [-0.25, -0.2) is 10.1 Å². The molecule has 0 atom stereocenters. The summed E-state index contributed by atoms with van der Waals surface area (Å²) < 4.78 is 11.1. The van der Waals surface area contributed by atoms with E-state index >= 15 is 0 Å². The lowest BCUT2D eigenvalue weighted by Gasteiger charge is -2.11. The Bertz CT molecular complexity index is 1400. The number of allylic oxidation sites excluding steroid dienone is 1. The van der Waals surface area contributed by atoms with Crippen molar-refractivity contribution < 1.29 is 18.6 Å². The highest BCUT2D eigenvalue weighted by molar-refractivity contribution is 5.98. The van der Waals surface area contributed by atoms with Gasteiger partial charge >= 0.3 is 0 Å². The summed E-state index contributed by atoms with van der Waals surface area (Å²) in [6, 6.07) is 10.2. The fourth-order valence-corrected chi connectivity index (χ4v) is 3.06. The molecule has 35 heavy (non-hydrogen) atoms. The average Bonchev–Trinajstić information content (AvgIpc) is 3.59. The van der Waals surface area contributed by atoms with E-state index in [0.29, 0.717) is 11.4 Å². The van der Waals surface area contributed by atoms with Crippen LogP contribution in [0.15, 0.2) is 62.4 Å². The summed E-state index contributed by atoms with van der Waals surface area (Å²) in [4.78, 5) is 24.6. The van der Waals surface area contributed by atoms with Crippen molar-refractivity contribution in [1.29, 1.82) is 0 Å². The van der Waals surface area contributed by atoms with Crippen molar-refractivity contribution in [1.82, 2.24) is 30.7 Å². The number of nitrogen functional groups attached to an aromatic ring is 1. The van der Waals surface area contributed by atoms with Crippen LogP contribution in [0.1, 0.15) is 39.2 Å². The minimum Gasteiger partial charge on any atom is -0.465 e.